The Morgan fingerprint density at radius 2 is 2.12 bits per heavy atom. The van der Waals surface area contributed by atoms with Crippen LogP contribution in [0, 0.1) is 5.92 Å². The van der Waals surface area contributed by atoms with Crippen molar-refractivity contribution >= 4 is 22.6 Å². The fourth-order valence-corrected chi connectivity index (χ4v) is 2.21. The highest BCUT2D eigenvalue weighted by molar-refractivity contribution is 6.30. The fraction of sp³-hybridized carbons (Fsp3) is 0.385. The van der Waals surface area contributed by atoms with Gasteiger partial charge in [0.1, 0.15) is 5.58 Å². The number of hydrogen-bond donors (Lipinski definition) is 1. The van der Waals surface area contributed by atoms with Crippen molar-refractivity contribution in [1.82, 2.24) is 5.32 Å². The second-order valence-corrected chi connectivity index (χ2v) is 4.77. The average Bonchev–Trinajstić information content (AvgIpc) is 3.04. The van der Waals surface area contributed by atoms with Gasteiger partial charge in [0.15, 0.2) is 5.22 Å². The molecule has 1 aromatic heterocycles. The van der Waals surface area contributed by atoms with Crippen molar-refractivity contribution in [2.24, 2.45) is 5.92 Å². The molecule has 0 unspecified atom stereocenters. The second kappa shape index (κ2) is 4.11. The summed E-state index contributed by atoms with van der Waals surface area (Å²) in [7, 11) is 0. The summed E-state index contributed by atoms with van der Waals surface area (Å²) in [6, 6.07) is 7.98. The van der Waals surface area contributed by atoms with Crippen LogP contribution in [0.25, 0.3) is 11.0 Å². The third kappa shape index (κ3) is 1.95. The largest absolute Gasteiger partial charge is 0.444 e. The van der Waals surface area contributed by atoms with E-state index in [1.807, 2.05) is 18.2 Å². The Bertz CT molecular complexity index is 502. The first-order valence-electron chi connectivity index (χ1n) is 5.71. The molecule has 1 aromatic carbocycles. The van der Waals surface area contributed by atoms with Gasteiger partial charge in [-0.3, -0.25) is 0 Å². The van der Waals surface area contributed by atoms with Gasteiger partial charge in [-0.2, -0.15) is 0 Å². The Balaban J connectivity index is 1.80. The number of fused-ring (bicyclic) bond motifs is 1. The highest BCUT2D eigenvalue weighted by atomic mass is 35.5. The molecule has 2 aromatic rings. The van der Waals surface area contributed by atoms with Crippen LogP contribution in [0.5, 0.6) is 0 Å². The first kappa shape index (κ1) is 10.2. The quantitative estimate of drug-likeness (QED) is 0.876. The Morgan fingerprint density at radius 3 is 2.94 bits per heavy atom. The third-order valence-corrected chi connectivity index (χ3v) is 3.39. The van der Waals surface area contributed by atoms with E-state index in [9.17, 15) is 0 Å². The summed E-state index contributed by atoms with van der Waals surface area (Å²) in [5.41, 5.74) is 1.95. The minimum atomic E-state index is 0.518. The van der Waals surface area contributed by atoms with Crippen LogP contribution in [0.2, 0.25) is 5.22 Å². The van der Waals surface area contributed by atoms with Crippen LogP contribution in [-0.2, 0) is 6.54 Å². The second-order valence-electron chi connectivity index (χ2n) is 4.42. The van der Waals surface area contributed by atoms with Crippen molar-refractivity contribution in [2.75, 3.05) is 6.54 Å². The molecule has 1 N–H and O–H groups in total. The molecule has 0 radical (unpaired) electrons. The van der Waals surface area contributed by atoms with Gasteiger partial charge in [-0.25, -0.2) is 0 Å². The van der Waals surface area contributed by atoms with Gasteiger partial charge in [-0.1, -0.05) is 18.2 Å². The molecule has 2 nitrogen and oxygen atoms in total. The summed E-state index contributed by atoms with van der Waals surface area (Å²) in [5.74, 6) is 0.886. The lowest BCUT2D eigenvalue weighted by molar-refractivity contribution is 0.597. The minimum Gasteiger partial charge on any atom is -0.444 e. The molecule has 3 rings (SSSR count). The number of rotatable bonds is 4. The summed E-state index contributed by atoms with van der Waals surface area (Å²) in [6.45, 7) is 1.89. The van der Waals surface area contributed by atoms with Crippen LogP contribution in [0.3, 0.4) is 0 Å². The molecule has 1 aliphatic rings. The highest BCUT2D eigenvalue weighted by Gasteiger charge is 2.20. The van der Waals surface area contributed by atoms with Crippen LogP contribution in [0.1, 0.15) is 18.4 Å². The molecular formula is C13H14ClNO. The first-order valence-corrected chi connectivity index (χ1v) is 6.09. The molecule has 1 aliphatic carbocycles. The standard InChI is InChI=1S/C13H14ClNO/c14-13-11(8-15-7-9-5-6-9)10-3-1-2-4-12(10)16-13/h1-4,9,15H,5-8H2. The Hall–Kier alpha value is -0.990. The summed E-state index contributed by atoms with van der Waals surface area (Å²) in [6.07, 6.45) is 2.74. The molecule has 1 heterocycles. The zero-order valence-corrected chi connectivity index (χ0v) is 9.76. The van der Waals surface area contributed by atoms with E-state index < -0.39 is 0 Å². The Morgan fingerprint density at radius 1 is 1.31 bits per heavy atom. The molecule has 0 atom stereocenters. The van der Waals surface area contributed by atoms with Crippen molar-refractivity contribution in [3.05, 3.63) is 35.0 Å². The molecule has 1 saturated carbocycles. The number of nitrogens with one attached hydrogen (secondary N) is 1. The molecule has 0 spiro atoms. The highest BCUT2D eigenvalue weighted by Crippen LogP contribution is 2.30. The maximum Gasteiger partial charge on any atom is 0.199 e. The molecule has 84 valence electrons. The molecule has 16 heavy (non-hydrogen) atoms. The van der Waals surface area contributed by atoms with Gasteiger partial charge in [0.05, 0.1) is 0 Å². The summed E-state index contributed by atoms with van der Waals surface area (Å²) >= 11 is 6.09. The third-order valence-electron chi connectivity index (χ3n) is 3.08. The first-order chi connectivity index (χ1) is 7.84. The lowest BCUT2D eigenvalue weighted by Crippen LogP contribution is -2.15. The van der Waals surface area contributed by atoms with Crippen molar-refractivity contribution in [3.8, 4) is 0 Å². The van der Waals surface area contributed by atoms with E-state index in [0.29, 0.717) is 5.22 Å². The van der Waals surface area contributed by atoms with E-state index in [4.69, 9.17) is 16.0 Å². The molecular weight excluding hydrogens is 222 g/mol. The lowest BCUT2D eigenvalue weighted by Gasteiger charge is -2.01. The fourth-order valence-electron chi connectivity index (χ4n) is 1.96. The van der Waals surface area contributed by atoms with Crippen LogP contribution in [0.15, 0.2) is 28.7 Å². The van der Waals surface area contributed by atoms with E-state index in [1.54, 1.807) is 0 Å². The van der Waals surface area contributed by atoms with Gasteiger partial charge < -0.3 is 9.73 Å². The van der Waals surface area contributed by atoms with Crippen molar-refractivity contribution < 1.29 is 4.42 Å². The van der Waals surface area contributed by atoms with Crippen LogP contribution in [-0.4, -0.2) is 6.54 Å². The summed E-state index contributed by atoms with van der Waals surface area (Å²) in [5, 5.41) is 5.08. The zero-order chi connectivity index (χ0) is 11.0. The van der Waals surface area contributed by atoms with E-state index in [-0.39, 0.29) is 0 Å². The van der Waals surface area contributed by atoms with Crippen LogP contribution < -0.4 is 5.32 Å². The maximum absolute atomic E-state index is 6.09. The number of para-hydroxylation sites is 1. The van der Waals surface area contributed by atoms with Gasteiger partial charge in [-0.05, 0) is 43.0 Å². The molecule has 0 aliphatic heterocycles. The van der Waals surface area contributed by atoms with E-state index >= 15 is 0 Å². The van der Waals surface area contributed by atoms with Gasteiger partial charge in [0, 0.05) is 17.5 Å². The maximum atomic E-state index is 6.09. The number of hydrogen-bond acceptors (Lipinski definition) is 2. The Kier molecular flexibility index (Phi) is 2.62. The number of furan rings is 1. The Labute approximate surface area is 99.6 Å². The van der Waals surface area contributed by atoms with Gasteiger partial charge >= 0.3 is 0 Å². The van der Waals surface area contributed by atoms with Gasteiger partial charge in [0.25, 0.3) is 0 Å². The summed E-state index contributed by atoms with van der Waals surface area (Å²) in [4.78, 5) is 0. The number of halogens is 1. The van der Waals surface area contributed by atoms with E-state index in [2.05, 4.69) is 11.4 Å². The minimum absolute atomic E-state index is 0.518. The van der Waals surface area contributed by atoms with E-state index in [1.165, 1.54) is 12.8 Å². The van der Waals surface area contributed by atoms with Crippen molar-refractivity contribution in [3.63, 3.8) is 0 Å². The smallest absolute Gasteiger partial charge is 0.199 e. The molecule has 1 fully saturated rings. The van der Waals surface area contributed by atoms with Crippen molar-refractivity contribution in [2.45, 2.75) is 19.4 Å². The molecule has 0 bridgehead atoms. The topological polar surface area (TPSA) is 25.2 Å². The molecule has 0 saturated heterocycles. The molecule has 0 amide bonds. The monoisotopic (exact) mass is 235 g/mol. The summed E-state index contributed by atoms with van der Waals surface area (Å²) < 4.78 is 5.50. The van der Waals surface area contributed by atoms with Crippen LogP contribution in [0.4, 0.5) is 0 Å². The predicted molar refractivity (Wildman–Crippen MR) is 65.7 cm³/mol. The lowest BCUT2D eigenvalue weighted by atomic mass is 10.2. The molecule has 3 heteroatoms. The van der Waals surface area contributed by atoms with Gasteiger partial charge in [-0.15, -0.1) is 0 Å². The van der Waals surface area contributed by atoms with Gasteiger partial charge in [0.2, 0.25) is 0 Å². The number of benzene rings is 1. The zero-order valence-electron chi connectivity index (χ0n) is 9.00. The average molecular weight is 236 g/mol. The van der Waals surface area contributed by atoms with E-state index in [0.717, 1.165) is 35.5 Å². The SMILES string of the molecule is Clc1oc2ccccc2c1CNCC1CC1. The van der Waals surface area contributed by atoms with Crippen molar-refractivity contribution in [1.29, 1.82) is 0 Å². The normalized spacial score (nSPS) is 15.8. The van der Waals surface area contributed by atoms with Crippen LogP contribution >= 0.6 is 11.6 Å². The predicted octanol–water partition coefficient (Wildman–Crippen LogP) is 3.59.